The Morgan fingerprint density at radius 2 is 1.69 bits per heavy atom. The van der Waals surface area contributed by atoms with E-state index in [1.807, 2.05) is 0 Å². The molecule has 3 heteroatoms. The molecular formula is C13H23NO2. The third kappa shape index (κ3) is 2.76. The van der Waals surface area contributed by atoms with Crippen LogP contribution in [0.3, 0.4) is 0 Å². The molecular weight excluding hydrogens is 202 g/mol. The lowest BCUT2D eigenvalue weighted by Crippen LogP contribution is -2.43. The number of hydrogen-bond acceptors (Lipinski definition) is 3. The fourth-order valence-corrected chi connectivity index (χ4v) is 3.11. The van der Waals surface area contributed by atoms with E-state index in [1.54, 1.807) is 0 Å². The third-order valence-electron chi connectivity index (χ3n) is 4.16. The monoisotopic (exact) mass is 225 g/mol. The van der Waals surface area contributed by atoms with Crippen molar-refractivity contribution in [1.29, 1.82) is 0 Å². The summed E-state index contributed by atoms with van der Waals surface area (Å²) in [7, 11) is 1.50. The zero-order valence-corrected chi connectivity index (χ0v) is 10.3. The van der Waals surface area contributed by atoms with Gasteiger partial charge in [0.25, 0.3) is 0 Å². The smallest absolute Gasteiger partial charge is 0.308 e. The highest BCUT2D eigenvalue weighted by atomic mass is 16.5. The van der Waals surface area contributed by atoms with E-state index in [1.165, 1.54) is 39.2 Å². The van der Waals surface area contributed by atoms with E-state index in [-0.39, 0.29) is 11.9 Å². The number of methoxy groups -OCH3 is 1. The molecule has 0 aromatic rings. The van der Waals surface area contributed by atoms with Gasteiger partial charge in [0.1, 0.15) is 0 Å². The number of nitrogens with zero attached hydrogens (tertiary/aromatic N) is 1. The van der Waals surface area contributed by atoms with Crippen molar-refractivity contribution in [2.24, 2.45) is 5.92 Å². The lowest BCUT2D eigenvalue weighted by Gasteiger charge is -2.38. The number of esters is 1. The summed E-state index contributed by atoms with van der Waals surface area (Å²) < 4.78 is 4.81. The van der Waals surface area contributed by atoms with Crippen molar-refractivity contribution < 1.29 is 9.53 Å². The molecule has 0 spiro atoms. The first kappa shape index (κ1) is 11.9. The molecule has 1 heterocycles. The van der Waals surface area contributed by atoms with Gasteiger partial charge in [-0.1, -0.05) is 19.3 Å². The van der Waals surface area contributed by atoms with Crippen molar-refractivity contribution in [3.8, 4) is 0 Å². The van der Waals surface area contributed by atoms with Crippen LogP contribution in [0.1, 0.15) is 44.9 Å². The molecule has 1 saturated carbocycles. The second kappa shape index (κ2) is 5.67. The highest BCUT2D eigenvalue weighted by Gasteiger charge is 2.29. The second-order valence-electron chi connectivity index (χ2n) is 5.13. The van der Waals surface area contributed by atoms with Crippen LogP contribution in [-0.2, 0) is 9.53 Å². The number of ether oxygens (including phenoxy) is 1. The Morgan fingerprint density at radius 1 is 1.06 bits per heavy atom. The first-order valence-corrected chi connectivity index (χ1v) is 6.63. The minimum Gasteiger partial charge on any atom is -0.469 e. The fraction of sp³-hybridized carbons (Fsp3) is 0.923. The van der Waals surface area contributed by atoms with Crippen molar-refractivity contribution in [3.05, 3.63) is 0 Å². The highest BCUT2D eigenvalue weighted by molar-refractivity contribution is 5.72. The molecule has 2 aliphatic rings. The Balaban J connectivity index is 1.78. The third-order valence-corrected chi connectivity index (χ3v) is 4.16. The Bertz CT molecular complexity index is 228. The minimum absolute atomic E-state index is 0.0108. The van der Waals surface area contributed by atoms with E-state index in [2.05, 4.69) is 4.90 Å². The molecule has 0 bridgehead atoms. The summed E-state index contributed by atoms with van der Waals surface area (Å²) in [4.78, 5) is 14.0. The summed E-state index contributed by atoms with van der Waals surface area (Å²) in [6.45, 7) is 2.18. The molecule has 16 heavy (non-hydrogen) atoms. The van der Waals surface area contributed by atoms with Gasteiger partial charge in [-0.2, -0.15) is 0 Å². The maximum absolute atomic E-state index is 11.4. The first-order chi connectivity index (χ1) is 7.81. The van der Waals surface area contributed by atoms with E-state index >= 15 is 0 Å². The Labute approximate surface area is 98.1 Å². The van der Waals surface area contributed by atoms with Gasteiger partial charge in [-0.15, -0.1) is 0 Å². The van der Waals surface area contributed by atoms with Gasteiger partial charge < -0.3 is 9.64 Å². The molecule has 0 unspecified atom stereocenters. The van der Waals surface area contributed by atoms with Crippen molar-refractivity contribution >= 4 is 5.97 Å². The molecule has 0 N–H and O–H groups in total. The zero-order valence-electron chi connectivity index (χ0n) is 10.3. The maximum Gasteiger partial charge on any atom is 0.308 e. The molecule has 1 aliphatic carbocycles. The number of rotatable bonds is 2. The molecule has 0 aromatic carbocycles. The molecule has 0 amide bonds. The standard InChI is InChI=1S/C13H23NO2/c1-16-13(15)11-7-9-14(10-8-11)12-5-3-2-4-6-12/h11-12H,2-10H2,1H3. The number of carbonyl (C=O) groups excluding carboxylic acids is 1. The van der Waals surface area contributed by atoms with E-state index in [0.717, 1.165) is 32.0 Å². The summed E-state index contributed by atoms with van der Waals surface area (Å²) in [5.41, 5.74) is 0. The van der Waals surface area contributed by atoms with Gasteiger partial charge in [-0.25, -0.2) is 0 Å². The fourth-order valence-electron chi connectivity index (χ4n) is 3.11. The van der Waals surface area contributed by atoms with Gasteiger partial charge in [0.15, 0.2) is 0 Å². The summed E-state index contributed by atoms with van der Waals surface area (Å²) in [6.07, 6.45) is 8.90. The summed E-state index contributed by atoms with van der Waals surface area (Å²) in [6, 6.07) is 0.798. The number of likely N-dealkylation sites (tertiary alicyclic amines) is 1. The predicted molar refractivity (Wildman–Crippen MR) is 63.2 cm³/mol. The van der Waals surface area contributed by atoms with E-state index < -0.39 is 0 Å². The maximum atomic E-state index is 11.4. The van der Waals surface area contributed by atoms with Crippen LogP contribution >= 0.6 is 0 Å². The molecule has 3 nitrogen and oxygen atoms in total. The van der Waals surface area contributed by atoms with Gasteiger partial charge in [0.05, 0.1) is 13.0 Å². The van der Waals surface area contributed by atoms with Gasteiger partial charge >= 0.3 is 5.97 Å². The Morgan fingerprint density at radius 3 is 2.25 bits per heavy atom. The zero-order chi connectivity index (χ0) is 11.4. The molecule has 2 rings (SSSR count). The Hall–Kier alpha value is -0.570. The van der Waals surface area contributed by atoms with E-state index in [9.17, 15) is 4.79 Å². The minimum atomic E-state index is -0.0108. The quantitative estimate of drug-likeness (QED) is 0.675. The van der Waals surface area contributed by atoms with Crippen LogP contribution < -0.4 is 0 Å². The first-order valence-electron chi connectivity index (χ1n) is 6.63. The summed E-state index contributed by atoms with van der Waals surface area (Å²) in [5, 5.41) is 0. The van der Waals surface area contributed by atoms with E-state index in [4.69, 9.17) is 4.74 Å². The van der Waals surface area contributed by atoms with Crippen LogP contribution in [0, 0.1) is 5.92 Å². The lowest BCUT2D eigenvalue weighted by atomic mass is 9.90. The average Bonchev–Trinajstić information content (AvgIpc) is 2.39. The molecule has 2 fully saturated rings. The predicted octanol–water partition coefficient (Wildman–Crippen LogP) is 2.20. The van der Waals surface area contributed by atoms with Crippen molar-refractivity contribution in [2.75, 3.05) is 20.2 Å². The number of piperidine rings is 1. The van der Waals surface area contributed by atoms with Gasteiger partial charge in [0, 0.05) is 6.04 Å². The van der Waals surface area contributed by atoms with E-state index in [0.29, 0.717) is 0 Å². The van der Waals surface area contributed by atoms with Crippen LogP contribution in [0.4, 0.5) is 0 Å². The van der Waals surface area contributed by atoms with Crippen LogP contribution in [-0.4, -0.2) is 37.1 Å². The second-order valence-corrected chi connectivity index (χ2v) is 5.13. The van der Waals surface area contributed by atoms with Crippen molar-refractivity contribution in [1.82, 2.24) is 4.90 Å². The van der Waals surface area contributed by atoms with Crippen LogP contribution in [0.2, 0.25) is 0 Å². The normalized spacial score (nSPS) is 25.6. The van der Waals surface area contributed by atoms with Crippen molar-refractivity contribution in [3.63, 3.8) is 0 Å². The van der Waals surface area contributed by atoms with Crippen molar-refractivity contribution in [2.45, 2.75) is 51.0 Å². The largest absolute Gasteiger partial charge is 0.469 e. The molecule has 0 atom stereocenters. The highest BCUT2D eigenvalue weighted by Crippen LogP contribution is 2.27. The summed E-state index contributed by atoms with van der Waals surface area (Å²) in [5.74, 6) is 0.146. The Kier molecular flexibility index (Phi) is 4.22. The topological polar surface area (TPSA) is 29.5 Å². The van der Waals surface area contributed by atoms with Crippen LogP contribution in [0.15, 0.2) is 0 Å². The molecule has 1 saturated heterocycles. The van der Waals surface area contributed by atoms with Gasteiger partial charge in [0.2, 0.25) is 0 Å². The number of carbonyl (C=O) groups is 1. The molecule has 1 aliphatic heterocycles. The molecule has 92 valence electrons. The van der Waals surface area contributed by atoms with Gasteiger partial charge in [-0.3, -0.25) is 4.79 Å². The molecule has 0 radical (unpaired) electrons. The SMILES string of the molecule is COC(=O)C1CCN(C2CCCCC2)CC1. The van der Waals surface area contributed by atoms with Crippen LogP contribution in [0.25, 0.3) is 0 Å². The van der Waals surface area contributed by atoms with Gasteiger partial charge in [-0.05, 0) is 38.8 Å². The molecule has 0 aromatic heterocycles. The summed E-state index contributed by atoms with van der Waals surface area (Å²) >= 11 is 0. The number of hydrogen-bond donors (Lipinski definition) is 0. The van der Waals surface area contributed by atoms with Crippen LogP contribution in [0.5, 0.6) is 0 Å². The average molecular weight is 225 g/mol. The lowest BCUT2D eigenvalue weighted by molar-refractivity contribution is -0.147.